The number of hydrogen-bond donors (Lipinski definition) is 0. The average Bonchev–Trinajstić information content (AvgIpc) is 3.27. The van der Waals surface area contributed by atoms with E-state index in [0.29, 0.717) is 11.1 Å². The summed E-state index contributed by atoms with van der Waals surface area (Å²) in [6, 6.07) is 21.0. The Kier molecular flexibility index (Phi) is 9.12. The maximum Gasteiger partial charge on any atom is 0.313 e. The van der Waals surface area contributed by atoms with Crippen LogP contribution in [0.3, 0.4) is 0 Å². The van der Waals surface area contributed by atoms with Crippen molar-refractivity contribution in [3.63, 3.8) is 0 Å². The zero-order chi connectivity index (χ0) is 27.2. The highest BCUT2D eigenvalue weighted by molar-refractivity contribution is 7.86. The summed E-state index contributed by atoms with van der Waals surface area (Å²) in [5.74, 6) is -0.890. The van der Waals surface area contributed by atoms with Gasteiger partial charge in [-0.05, 0) is 73.2 Å². The molecule has 0 saturated heterocycles. The van der Waals surface area contributed by atoms with Gasteiger partial charge in [0.2, 0.25) is 0 Å². The molecule has 0 aliphatic heterocycles. The first-order valence-electron chi connectivity index (χ1n) is 13.0. The van der Waals surface area contributed by atoms with Gasteiger partial charge in [0.25, 0.3) is 0 Å². The van der Waals surface area contributed by atoms with E-state index in [1.54, 1.807) is 72.8 Å². The lowest BCUT2D eigenvalue weighted by Crippen LogP contribution is -2.37. The molecule has 0 spiro atoms. The van der Waals surface area contributed by atoms with Gasteiger partial charge in [-0.15, -0.1) is 0 Å². The highest BCUT2D eigenvalue weighted by Crippen LogP contribution is 2.38. The van der Waals surface area contributed by atoms with E-state index in [2.05, 4.69) is 18.7 Å². The molecule has 0 aromatic heterocycles. The van der Waals surface area contributed by atoms with Gasteiger partial charge in [-0.25, -0.2) is 0 Å². The van der Waals surface area contributed by atoms with Gasteiger partial charge in [0.15, 0.2) is 11.5 Å². The third kappa shape index (κ3) is 7.58. The molecule has 0 heterocycles. The molecular formula is C29H35NO6S2. The fourth-order valence-corrected chi connectivity index (χ4v) is 7.06. The van der Waals surface area contributed by atoms with Crippen LogP contribution in [0.2, 0.25) is 0 Å². The fraction of sp³-hybridized carbons (Fsp3) is 0.379. The molecule has 204 valence electrons. The van der Waals surface area contributed by atoms with Crippen LogP contribution in [-0.4, -0.2) is 40.9 Å². The summed E-state index contributed by atoms with van der Waals surface area (Å²) >= 11 is 0. The topological polar surface area (TPSA) is 90.0 Å². The Morgan fingerprint density at radius 3 is 1.45 bits per heavy atom. The van der Waals surface area contributed by atoms with Crippen molar-refractivity contribution in [2.24, 2.45) is 0 Å². The van der Waals surface area contributed by atoms with Crippen molar-refractivity contribution in [1.29, 1.82) is 0 Å². The van der Waals surface area contributed by atoms with Crippen molar-refractivity contribution >= 4 is 20.2 Å². The van der Waals surface area contributed by atoms with Gasteiger partial charge in [-0.3, -0.25) is 4.90 Å². The van der Waals surface area contributed by atoms with Crippen LogP contribution in [0.4, 0.5) is 0 Å². The van der Waals surface area contributed by atoms with Crippen molar-refractivity contribution in [3.05, 3.63) is 95.1 Å². The van der Waals surface area contributed by atoms with E-state index in [1.807, 2.05) is 0 Å². The van der Waals surface area contributed by atoms with Crippen molar-refractivity contribution in [2.45, 2.75) is 57.1 Å². The molecule has 4 rings (SSSR count). The molecule has 0 bridgehead atoms. The molecule has 7 nitrogen and oxygen atoms in total. The van der Waals surface area contributed by atoms with Crippen LogP contribution >= 0.6 is 0 Å². The molecule has 9 heteroatoms. The second kappa shape index (κ2) is 12.3. The smallest absolute Gasteiger partial charge is 0.313 e. The first kappa shape index (κ1) is 28.1. The molecule has 3 aromatic rings. The molecular weight excluding hydrogens is 522 g/mol. The van der Waals surface area contributed by atoms with Crippen LogP contribution in [0.1, 0.15) is 48.9 Å². The summed E-state index contributed by atoms with van der Waals surface area (Å²) < 4.78 is 63.0. The lowest BCUT2D eigenvalue weighted by molar-refractivity contribution is 0.202. The number of rotatable bonds is 13. The Morgan fingerprint density at radius 1 is 0.684 bits per heavy atom. The predicted octanol–water partition coefficient (Wildman–Crippen LogP) is 5.09. The molecule has 1 aliphatic rings. The van der Waals surface area contributed by atoms with Crippen LogP contribution in [0.25, 0.3) is 0 Å². The van der Waals surface area contributed by atoms with E-state index in [1.165, 1.54) is 0 Å². The summed E-state index contributed by atoms with van der Waals surface area (Å²) in [6.45, 7) is 6.24. The highest BCUT2D eigenvalue weighted by atomic mass is 32.2. The monoisotopic (exact) mass is 557 g/mol. The van der Waals surface area contributed by atoms with E-state index in [4.69, 9.17) is 8.37 Å². The van der Waals surface area contributed by atoms with Crippen molar-refractivity contribution < 1.29 is 25.2 Å². The molecule has 0 amide bonds. The zero-order valence-electron chi connectivity index (χ0n) is 21.9. The van der Waals surface area contributed by atoms with Crippen LogP contribution in [0, 0.1) is 0 Å². The number of nitrogens with zero attached hydrogens (tertiary/aromatic N) is 1. The molecule has 38 heavy (non-hydrogen) atoms. The maximum absolute atomic E-state index is 13.0. The number of benzene rings is 3. The Balaban J connectivity index is 1.64. The summed E-state index contributed by atoms with van der Waals surface area (Å²) in [4.78, 5) is 2.44. The zero-order valence-corrected chi connectivity index (χ0v) is 23.5. The molecule has 0 radical (unpaired) electrons. The lowest BCUT2D eigenvalue weighted by atomic mass is 10.1. The number of hydrogen-bond acceptors (Lipinski definition) is 7. The first-order chi connectivity index (χ1) is 18.2. The molecule has 0 N–H and O–H groups in total. The van der Waals surface area contributed by atoms with Crippen LogP contribution in [-0.2, 0) is 44.6 Å². The van der Waals surface area contributed by atoms with Crippen LogP contribution in [0.15, 0.2) is 72.8 Å². The number of fused-ring (bicyclic) bond motifs is 1. The molecule has 0 unspecified atom stereocenters. The minimum atomic E-state index is -4.07. The fourth-order valence-electron chi connectivity index (χ4n) is 4.93. The van der Waals surface area contributed by atoms with Gasteiger partial charge < -0.3 is 8.37 Å². The second-order valence-corrected chi connectivity index (χ2v) is 12.8. The molecule has 0 saturated carbocycles. The van der Waals surface area contributed by atoms with Gasteiger partial charge in [0, 0.05) is 6.04 Å². The van der Waals surface area contributed by atoms with Crippen molar-refractivity contribution in [2.75, 3.05) is 13.1 Å². The summed E-state index contributed by atoms with van der Waals surface area (Å²) in [5.41, 5.74) is 3.04. The normalized spacial score (nSPS) is 14.0. The standard InChI is InChI=1S/C29H35NO6S2/c1-3-15-30(16-4-2)27-17-25-19-28(35-37(31,32)21-23-11-7-5-8-12-23)29(20-26(25)18-27)36-38(33,34)22-24-13-9-6-10-14-24/h5-14,19-20,27H,3-4,15-18,21-22H2,1-2H3. The third-order valence-electron chi connectivity index (χ3n) is 6.52. The van der Waals surface area contributed by atoms with E-state index in [9.17, 15) is 16.8 Å². The Hall–Kier alpha value is -2.88. The van der Waals surface area contributed by atoms with Gasteiger partial charge in [-0.1, -0.05) is 74.5 Å². The maximum atomic E-state index is 13.0. The van der Waals surface area contributed by atoms with Crippen LogP contribution in [0.5, 0.6) is 11.5 Å². The van der Waals surface area contributed by atoms with Gasteiger partial charge >= 0.3 is 20.2 Å². The molecule has 0 atom stereocenters. The highest BCUT2D eigenvalue weighted by Gasteiger charge is 2.30. The Morgan fingerprint density at radius 2 is 1.08 bits per heavy atom. The summed E-state index contributed by atoms with van der Waals surface area (Å²) in [6.07, 6.45) is 3.54. The van der Waals surface area contributed by atoms with E-state index >= 15 is 0 Å². The van der Waals surface area contributed by atoms with Gasteiger partial charge in [0.1, 0.15) is 11.5 Å². The summed E-state index contributed by atoms with van der Waals surface area (Å²) in [5, 5.41) is 0. The SMILES string of the molecule is CCCN(CCC)C1Cc2cc(OS(=O)(=O)Cc3ccccc3)c(OS(=O)(=O)Cc3ccccc3)cc2C1. The van der Waals surface area contributed by atoms with E-state index in [0.717, 1.165) is 49.9 Å². The predicted molar refractivity (Wildman–Crippen MR) is 149 cm³/mol. The van der Waals surface area contributed by atoms with Crippen LogP contribution < -0.4 is 8.37 Å². The minimum Gasteiger partial charge on any atom is -0.378 e. The molecule has 0 fully saturated rings. The average molecular weight is 558 g/mol. The molecule has 3 aromatic carbocycles. The van der Waals surface area contributed by atoms with Crippen molar-refractivity contribution in [1.82, 2.24) is 4.90 Å². The van der Waals surface area contributed by atoms with E-state index < -0.39 is 20.2 Å². The Labute approximate surface area is 226 Å². The quantitative estimate of drug-likeness (QED) is 0.270. The van der Waals surface area contributed by atoms with Gasteiger partial charge in [0.05, 0.1) is 0 Å². The Bertz CT molecular complexity index is 1320. The summed E-state index contributed by atoms with van der Waals surface area (Å²) in [7, 11) is -8.15. The lowest BCUT2D eigenvalue weighted by Gasteiger charge is -2.27. The molecule has 1 aliphatic carbocycles. The minimum absolute atomic E-state index is 0.102. The van der Waals surface area contributed by atoms with Gasteiger partial charge in [-0.2, -0.15) is 16.8 Å². The van der Waals surface area contributed by atoms with Crippen molar-refractivity contribution in [3.8, 4) is 11.5 Å². The second-order valence-electron chi connectivity index (χ2n) is 9.71. The van der Waals surface area contributed by atoms with E-state index in [-0.39, 0.29) is 29.0 Å². The third-order valence-corrected chi connectivity index (χ3v) is 8.76. The largest absolute Gasteiger partial charge is 0.378 e. The first-order valence-corrected chi connectivity index (χ1v) is 16.2.